The van der Waals surface area contributed by atoms with Crippen molar-refractivity contribution < 1.29 is 0 Å². The minimum absolute atomic E-state index is 0.120. The standard InChI is InChI=1S/C44H64S.C2H6/c1-9-32(10-2)16-15-17-40(45)21-18-33-24-25-44(8,30-31(7)26-33)43-41-22-19-36(34(11-3)12-4)27-38(41)29-39-28-37(20-23-42(39)43)35(13-5)14-6;1-2/h19-20,22-23,26-28,32-34H,9-18,21,24-25,29-30H2,1-8H3;1-2H3. The average Bonchev–Trinajstić information content (AvgIpc) is 3.23. The van der Waals surface area contributed by atoms with E-state index in [1.54, 1.807) is 27.8 Å². The summed E-state index contributed by atoms with van der Waals surface area (Å²) >= 11 is 5.91. The van der Waals surface area contributed by atoms with Gasteiger partial charge in [0, 0.05) is 0 Å². The fourth-order valence-electron chi connectivity index (χ4n) is 8.83. The van der Waals surface area contributed by atoms with Crippen molar-refractivity contribution in [3.05, 3.63) is 80.7 Å². The number of allylic oxidation sites excluding steroid dienone is 2. The van der Waals surface area contributed by atoms with Crippen LogP contribution in [0.4, 0.5) is 0 Å². The number of thiocarbonyl (C=S) groups is 1. The Balaban J connectivity index is 0.00000294. The van der Waals surface area contributed by atoms with E-state index in [9.17, 15) is 0 Å². The Morgan fingerprint density at radius 1 is 0.872 bits per heavy atom. The first-order valence-electron chi connectivity index (χ1n) is 19.9. The minimum Gasteiger partial charge on any atom is -0.0897 e. The Bertz CT molecular complexity index is 1440. The first-order valence-corrected chi connectivity index (χ1v) is 20.3. The van der Waals surface area contributed by atoms with Crippen molar-refractivity contribution in [1.29, 1.82) is 0 Å². The van der Waals surface area contributed by atoms with Gasteiger partial charge in [0.1, 0.15) is 0 Å². The Hall–Kier alpha value is -1.99. The lowest BCUT2D eigenvalue weighted by atomic mass is 9.67. The van der Waals surface area contributed by atoms with Crippen molar-refractivity contribution in [2.75, 3.05) is 0 Å². The van der Waals surface area contributed by atoms with E-state index in [-0.39, 0.29) is 5.41 Å². The van der Waals surface area contributed by atoms with Gasteiger partial charge in [-0.05, 0) is 150 Å². The Labute approximate surface area is 296 Å². The molecule has 0 nitrogen and oxygen atoms in total. The van der Waals surface area contributed by atoms with E-state index in [1.807, 2.05) is 13.8 Å². The third-order valence-electron chi connectivity index (χ3n) is 11.7. The van der Waals surface area contributed by atoms with E-state index in [2.05, 4.69) is 97.9 Å². The number of hydrogen-bond donors (Lipinski definition) is 0. The van der Waals surface area contributed by atoms with Crippen LogP contribution in [0.5, 0.6) is 0 Å². The molecule has 0 N–H and O–H groups in total. The van der Waals surface area contributed by atoms with Crippen LogP contribution in [-0.2, 0) is 6.42 Å². The molecule has 0 fully saturated rings. The van der Waals surface area contributed by atoms with Crippen molar-refractivity contribution in [3.63, 3.8) is 0 Å². The Kier molecular flexibility index (Phi) is 16.2. The molecule has 2 aromatic carbocycles. The van der Waals surface area contributed by atoms with E-state index >= 15 is 0 Å². The third-order valence-corrected chi connectivity index (χ3v) is 12.2. The molecule has 47 heavy (non-hydrogen) atoms. The molecule has 1 heteroatoms. The van der Waals surface area contributed by atoms with E-state index in [1.165, 1.54) is 84.2 Å². The SMILES string of the molecule is CC.CCC(CC)=c1ccc2c(c1)Cc1cc(C(CC)CC)ccc1C=2C1(C)CCC(CCC(=S)CCCC(CC)CC)C=C(C)C1. The van der Waals surface area contributed by atoms with Crippen LogP contribution in [0.3, 0.4) is 0 Å². The lowest BCUT2D eigenvalue weighted by Crippen LogP contribution is -2.32. The number of benzene rings is 2. The maximum atomic E-state index is 5.91. The molecule has 0 heterocycles. The molecule has 0 aromatic heterocycles. The van der Waals surface area contributed by atoms with Crippen molar-refractivity contribution in [1.82, 2.24) is 0 Å². The van der Waals surface area contributed by atoms with Gasteiger partial charge in [0.15, 0.2) is 0 Å². The van der Waals surface area contributed by atoms with Crippen LogP contribution < -0.4 is 10.4 Å². The second-order valence-electron chi connectivity index (χ2n) is 14.9. The predicted molar refractivity (Wildman–Crippen MR) is 215 cm³/mol. The molecule has 2 aromatic rings. The molecular weight excluding hydrogens is 585 g/mol. The highest BCUT2D eigenvalue weighted by Gasteiger charge is 2.36. The molecule has 2 unspecified atom stereocenters. The smallest absolute Gasteiger partial charge is 0.00134 e. The molecule has 4 rings (SSSR count). The Morgan fingerprint density at radius 2 is 1.57 bits per heavy atom. The zero-order chi connectivity index (χ0) is 34.6. The predicted octanol–water partition coefficient (Wildman–Crippen LogP) is 13.2. The molecule has 0 spiro atoms. The van der Waals surface area contributed by atoms with E-state index in [0.717, 1.165) is 44.4 Å². The third kappa shape index (κ3) is 10.0. The molecule has 0 radical (unpaired) electrons. The highest BCUT2D eigenvalue weighted by atomic mass is 32.1. The van der Waals surface area contributed by atoms with Gasteiger partial charge in [0.05, 0.1) is 0 Å². The summed E-state index contributed by atoms with van der Waals surface area (Å²) in [7, 11) is 0. The molecular formula is C46H70S. The monoisotopic (exact) mass is 655 g/mol. The summed E-state index contributed by atoms with van der Waals surface area (Å²) in [6.45, 7) is 23.0. The summed E-state index contributed by atoms with van der Waals surface area (Å²) in [5.41, 5.74) is 11.0. The summed E-state index contributed by atoms with van der Waals surface area (Å²) in [5, 5.41) is 2.97. The summed E-state index contributed by atoms with van der Waals surface area (Å²) in [4.78, 5) is 1.31. The van der Waals surface area contributed by atoms with E-state index in [0.29, 0.717) is 11.8 Å². The molecule has 0 bridgehead atoms. The number of hydrogen-bond acceptors (Lipinski definition) is 1. The van der Waals surface area contributed by atoms with E-state index in [4.69, 9.17) is 12.2 Å². The summed E-state index contributed by atoms with van der Waals surface area (Å²) < 4.78 is 0. The van der Waals surface area contributed by atoms with Gasteiger partial charge in [-0.25, -0.2) is 0 Å². The second kappa shape index (κ2) is 19.3. The quantitative estimate of drug-likeness (QED) is 0.136. The first kappa shape index (κ1) is 39.4. The fraction of sp³-hybridized carbons (Fsp3) is 0.630. The van der Waals surface area contributed by atoms with E-state index < -0.39 is 0 Å². The second-order valence-corrected chi connectivity index (χ2v) is 15.4. The number of fused-ring (bicyclic) bond motifs is 2. The number of rotatable bonds is 15. The van der Waals surface area contributed by atoms with Crippen molar-refractivity contribution in [3.8, 4) is 0 Å². The van der Waals surface area contributed by atoms with Crippen LogP contribution in [0.2, 0.25) is 0 Å². The zero-order valence-electron chi connectivity index (χ0n) is 32.3. The van der Waals surface area contributed by atoms with Crippen LogP contribution in [0.1, 0.15) is 187 Å². The maximum absolute atomic E-state index is 5.91. The van der Waals surface area contributed by atoms with Crippen LogP contribution in [0, 0.1) is 17.3 Å². The molecule has 0 saturated heterocycles. The zero-order valence-corrected chi connectivity index (χ0v) is 33.1. The van der Waals surface area contributed by atoms with Crippen LogP contribution in [-0.4, -0.2) is 4.86 Å². The van der Waals surface area contributed by atoms with Crippen molar-refractivity contribution >= 4 is 28.2 Å². The average molecular weight is 655 g/mol. The first-order chi connectivity index (χ1) is 22.7. The normalized spacial score (nSPS) is 19.0. The Morgan fingerprint density at radius 3 is 2.21 bits per heavy atom. The highest BCUT2D eigenvalue weighted by Crippen LogP contribution is 2.48. The van der Waals surface area contributed by atoms with Gasteiger partial charge in [-0.1, -0.05) is 147 Å². The summed E-state index contributed by atoms with van der Waals surface area (Å²) in [5.74, 6) is 2.16. The van der Waals surface area contributed by atoms with Crippen LogP contribution in [0.15, 0.2) is 48.0 Å². The van der Waals surface area contributed by atoms with Gasteiger partial charge in [-0.15, -0.1) is 0 Å². The topological polar surface area (TPSA) is 0 Å². The van der Waals surface area contributed by atoms with Gasteiger partial charge in [0.25, 0.3) is 0 Å². The van der Waals surface area contributed by atoms with Crippen molar-refractivity contribution in [2.45, 2.75) is 171 Å². The lowest BCUT2D eigenvalue weighted by Gasteiger charge is -2.36. The lowest BCUT2D eigenvalue weighted by molar-refractivity contribution is 0.374. The maximum Gasteiger partial charge on any atom is -0.00134 e. The minimum atomic E-state index is 0.120. The molecule has 2 atom stereocenters. The summed E-state index contributed by atoms with van der Waals surface area (Å²) in [6, 6.07) is 15.0. The molecule has 2 aliphatic carbocycles. The van der Waals surface area contributed by atoms with Crippen LogP contribution in [0.25, 0.3) is 11.1 Å². The molecule has 0 amide bonds. The summed E-state index contributed by atoms with van der Waals surface area (Å²) in [6.07, 6.45) is 20.7. The molecule has 2 aliphatic rings. The molecule has 260 valence electrons. The molecule has 0 saturated carbocycles. The van der Waals surface area contributed by atoms with Crippen LogP contribution >= 0.6 is 12.2 Å². The van der Waals surface area contributed by atoms with Gasteiger partial charge in [-0.2, -0.15) is 0 Å². The fourth-order valence-corrected chi connectivity index (χ4v) is 9.09. The van der Waals surface area contributed by atoms with Gasteiger partial charge >= 0.3 is 0 Å². The highest BCUT2D eigenvalue weighted by molar-refractivity contribution is 7.80. The van der Waals surface area contributed by atoms with Gasteiger partial charge in [-0.3, -0.25) is 0 Å². The largest absolute Gasteiger partial charge is 0.0897 e. The molecule has 0 aliphatic heterocycles. The van der Waals surface area contributed by atoms with Gasteiger partial charge < -0.3 is 0 Å². The van der Waals surface area contributed by atoms with Gasteiger partial charge in [0.2, 0.25) is 0 Å². The van der Waals surface area contributed by atoms with Crippen molar-refractivity contribution in [2.24, 2.45) is 17.3 Å².